The second kappa shape index (κ2) is 55.6. The first-order valence-corrected chi connectivity index (χ1v) is 49.7. The number of nitrogens with one attached hydrogen (secondary N) is 3. The molecule has 750 valence electrons. The van der Waals surface area contributed by atoms with Gasteiger partial charge in [0.15, 0.2) is 0 Å². The number of hydrogen-bond acceptors (Lipinski definition) is 18. The molecule has 9 aliphatic heterocycles. The van der Waals surface area contributed by atoms with Gasteiger partial charge < -0.3 is 45.3 Å². The van der Waals surface area contributed by atoms with Crippen molar-refractivity contribution in [1.29, 1.82) is 0 Å². The molecule has 0 saturated carbocycles. The molecule has 9 rings (SSSR count). The van der Waals surface area contributed by atoms with Crippen LogP contribution >= 0.6 is 0 Å². The molecule has 0 aromatic carbocycles. The average Bonchev–Trinajstić information content (AvgIpc) is 0.494. The Hall–Kier alpha value is -5.13. The van der Waals surface area contributed by atoms with Crippen molar-refractivity contribution in [3.05, 3.63) is 0 Å². The summed E-state index contributed by atoms with van der Waals surface area (Å²) in [4.78, 5) is 134. The SMILES string of the molecule is CC(=O)N(C)C1CCN(C(C)(C)C)CC1.CC(=O)N(C)C1CCN(C(C)(C)C)CC1.CC(=O)N1CCN(C(C)(C)C)CC1.CC(=O)N1CCN(C(C)(C)C)CC1.CC(=O)NC1CCN(C(C)(C)C)CC1.CC(=O)NC1CCN(C(C)(C)C)CC1.CCC(=O)N1CCN(C(C)(C)C)CC1.CCC(=O)NC1CCN(C(C)(C)C)CC1.CCCC(=O)N1CCN(C(C)(C)C)CC1. The lowest BCUT2D eigenvalue weighted by atomic mass is 9.97. The van der Waals surface area contributed by atoms with Gasteiger partial charge in [-0.15, -0.1) is 0 Å². The zero-order valence-electron chi connectivity index (χ0n) is 90.1. The Bertz CT molecular complexity index is 3040. The van der Waals surface area contributed by atoms with E-state index >= 15 is 0 Å². The summed E-state index contributed by atoms with van der Waals surface area (Å²) >= 11 is 0. The molecular formula is C101H202N18O9. The molecule has 27 nitrogen and oxygen atoms in total. The van der Waals surface area contributed by atoms with Gasteiger partial charge in [-0.1, -0.05) is 20.8 Å². The third kappa shape index (κ3) is 48.2. The number of amides is 9. The molecule has 9 amide bonds. The van der Waals surface area contributed by atoms with Crippen LogP contribution in [0.3, 0.4) is 0 Å². The maximum atomic E-state index is 11.7. The van der Waals surface area contributed by atoms with E-state index in [1.54, 1.807) is 41.5 Å². The van der Waals surface area contributed by atoms with E-state index in [9.17, 15) is 43.2 Å². The van der Waals surface area contributed by atoms with Crippen LogP contribution in [0.2, 0.25) is 0 Å². The number of nitrogens with zero attached hydrogens (tertiary/aromatic N) is 15. The molecule has 0 aliphatic carbocycles. The Morgan fingerprint density at radius 1 is 0.250 bits per heavy atom. The summed E-state index contributed by atoms with van der Waals surface area (Å²) in [5.74, 6) is 1.77. The number of piperidine rings is 5. The minimum Gasteiger partial charge on any atom is -0.354 e. The topological polar surface area (TPSA) is 238 Å². The first kappa shape index (κ1) is 121. The second-order valence-corrected chi connectivity index (χ2v) is 46.2. The fraction of sp³-hybridized carbons (Fsp3) is 0.911. The van der Waals surface area contributed by atoms with Gasteiger partial charge in [0, 0.05) is 325 Å². The highest BCUT2D eigenvalue weighted by molar-refractivity contribution is 5.78. The van der Waals surface area contributed by atoms with Gasteiger partial charge in [-0.25, -0.2) is 0 Å². The van der Waals surface area contributed by atoms with Crippen molar-refractivity contribution in [2.45, 2.75) is 419 Å². The van der Waals surface area contributed by atoms with Crippen LogP contribution in [0.15, 0.2) is 0 Å². The first-order valence-electron chi connectivity index (χ1n) is 49.7. The fourth-order valence-electron chi connectivity index (χ4n) is 17.6. The van der Waals surface area contributed by atoms with Crippen molar-refractivity contribution >= 4 is 53.2 Å². The summed E-state index contributed by atoms with van der Waals surface area (Å²) in [5.41, 5.74) is 2.27. The van der Waals surface area contributed by atoms with Crippen LogP contribution in [0.4, 0.5) is 0 Å². The van der Waals surface area contributed by atoms with E-state index in [-0.39, 0.29) is 91.2 Å². The molecule has 0 radical (unpaired) electrons. The molecule has 9 saturated heterocycles. The number of carbonyl (C=O) groups is 9. The largest absolute Gasteiger partial charge is 0.354 e. The van der Waals surface area contributed by atoms with Gasteiger partial charge in [-0.2, -0.15) is 0 Å². The van der Waals surface area contributed by atoms with E-state index in [0.717, 1.165) is 241 Å². The zero-order valence-corrected chi connectivity index (χ0v) is 90.1. The maximum Gasteiger partial charge on any atom is 0.222 e. The normalized spacial score (nSPS) is 20.3. The van der Waals surface area contributed by atoms with Gasteiger partial charge in [0.05, 0.1) is 0 Å². The summed E-state index contributed by atoms with van der Waals surface area (Å²) in [5, 5.41) is 9.05. The summed E-state index contributed by atoms with van der Waals surface area (Å²) in [6.45, 7) is 102. The smallest absolute Gasteiger partial charge is 0.222 e. The molecule has 0 aromatic rings. The molecule has 9 heterocycles. The van der Waals surface area contributed by atoms with Crippen LogP contribution in [0, 0.1) is 0 Å². The van der Waals surface area contributed by atoms with Gasteiger partial charge >= 0.3 is 0 Å². The Morgan fingerprint density at radius 2 is 0.438 bits per heavy atom. The number of carbonyl (C=O) groups excluding carboxylic acids is 9. The number of rotatable bonds is 9. The summed E-state index contributed by atoms with van der Waals surface area (Å²) in [6, 6.07) is 2.08. The minimum absolute atomic E-state index is 0.0965. The summed E-state index contributed by atoms with van der Waals surface area (Å²) in [6.07, 6.45) is 13.8. The van der Waals surface area contributed by atoms with Crippen LogP contribution in [0.1, 0.15) is 339 Å². The lowest BCUT2D eigenvalue weighted by Crippen LogP contribution is -2.54. The molecule has 0 atom stereocenters. The van der Waals surface area contributed by atoms with Crippen molar-refractivity contribution in [3.8, 4) is 0 Å². The maximum absolute atomic E-state index is 11.7. The highest BCUT2D eigenvalue weighted by Gasteiger charge is 2.36. The van der Waals surface area contributed by atoms with Crippen LogP contribution < -0.4 is 16.0 Å². The van der Waals surface area contributed by atoms with E-state index in [2.05, 4.69) is 254 Å². The van der Waals surface area contributed by atoms with Crippen molar-refractivity contribution < 1.29 is 43.2 Å². The Labute approximate surface area is 785 Å². The van der Waals surface area contributed by atoms with E-state index < -0.39 is 0 Å². The van der Waals surface area contributed by atoms with Gasteiger partial charge in [0.2, 0.25) is 53.2 Å². The monoisotopic (exact) mass is 1810 g/mol. The van der Waals surface area contributed by atoms with Gasteiger partial charge in [0.1, 0.15) is 0 Å². The van der Waals surface area contributed by atoms with Gasteiger partial charge in [0.25, 0.3) is 0 Å². The first-order chi connectivity index (χ1) is 58.6. The zero-order chi connectivity index (χ0) is 98.6. The molecular weight excluding hydrogens is 1610 g/mol. The van der Waals surface area contributed by atoms with Crippen LogP contribution in [0.25, 0.3) is 0 Å². The van der Waals surface area contributed by atoms with E-state index in [1.165, 1.54) is 0 Å². The van der Waals surface area contributed by atoms with Gasteiger partial charge in [-0.3, -0.25) is 87.3 Å². The van der Waals surface area contributed by atoms with Gasteiger partial charge in [-0.05, 0) is 258 Å². The molecule has 0 bridgehead atoms. The Balaban J connectivity index is 0.000000720. The molecule has 9 aliphatic rings. The van der Waals surface area contributed by atoms with Crippen LogP contribution in [-0.2, 0) is 43.2 Å². The fourth-order valence-corrected chi connectivity index (χ4v) is 17.6. The number of piperazine rings is 4. The highest BCUT2D eigenvalue weighted by atomic mass is 16.2. The van der Waals surface area contributed by atoms with Crippen molar-refractivity contribution in [2.24, 2.45) is 0 Å². The second-order valence-electron chi connectivity index (χ2n) is 46.2. The Kier molecular flexibility index (Phi) is 52.6. The lowest BCUT2D eigenvalue weighted by molar-refractivity contribution is -0.134. The third-order valence-corrected chi connectivity index (χ3v) is 27.0. The van der Waals surface area contributed by atoms with E-state index in [4.69, 9.17) is 0 Å². The molecule has 0 spiro atoms. The molecule has 9 fully saturated rings. The quantitative estimate of drug-likeness (QED) is 0.194. The van der Waals surface area contributed by atoms with E-state index in [1.807, 2.05) is 57.3 Å². The van der Waals surface area contributed by atoms with Crippen LogP contribution in [0.5, 0.6) is 0 Å². The van der Waals surface area contributed by atoms with Crippen molar-refractivity contribution in [1.82, 2.24) is 89.4 Å². The molecule has 128 heavy (non-hydrogen) atoms. The summed E-state index contributed by atoms with van der Waals surface area (Å²) in [7, 11) is 3.83. The molecule has 3 N–H and O–H groups in total. The summed E-state index contributed by atoms with van der Waals surface area (Å²) < 4.78 is 0. The molecule has 0 aromatic heterocycles. The third-order valence-electron chi connectivity index (χ3n) is 27.0. The number of hydrogen-bond donors (Lipinski definition) is 3. The Morgan fingerprint density at radius 3 is 0.609 bits per heavy atom. The minimum atomic E-state index is 0.0965. The number of likely N-dealkylation sites (tertiary alicyclic amines) is 5. The molecule has 0 unspecified atom stereocenters. The lowest BCUT2D eigenvalue weighted by Gasteiger charge is -2.42. The van der Waals surface area contributed by atoms with Crippen molar-refractivity contribution in [3.63, 3.8) is 0 Å². The van der Waals surface area contributed by atoms with Crippen LogP contribution in [-0.4, -0.2) is 391 Å². The average molecular weight is 1810 g/mol. The molecule has 27 heteroatoms. The standard InChI is InChI=1S/4C12H24N2O.3C11H22N2O.2C10H20N2O/c2*1-10(15)13(5)11-6-8-14(9-7-11)12(2,3)4;1-5-11(15)13-10-6-8-14(9-7-10)12(2,3)4;1-5-6-11(15)13-7-9-14(10-8-13)12(2,3)4;2*1-9(14)12-10-5-7-13(8-6-10)11(2,3)4;1-5-10(14)12-6-8-13(9-7-12)11(2,3)4;2*1-9(13)11-5-7-12(8-6-11)10(2,3)4/h2*11H,6-9H2,1-5H3;10H,5-9H2,1-4H3,(H,13,15);5-10H2,1-4H3;2*10H,5-8H2,1-4H3,(H,12,14);5-9H2,1-4H3;2*5-8H2,1-4H3. The predicted octanol–water partition coefficient (Wildman–Crippen LogP) is 13.0. The highest BCUT2D eigenvalue weighted by Crippen LogP contribution is 2.28. The van der Waals surface area contributed by atoms with E-state index in [0.29, 0.717) is 61.3 Å². The predicted molar refractivity (Wildman–Crippen MR) is 533 cm³/mol. The van der Waals surface area contributed by atoms with Crippen molar-refractivity contribution in [2.75, 3.05) is 184 Å².